The van der Waals surface area contributed by atoms with E-state index < -0.39 is 17.8 Å². The molecule has 0 saturated heterocycles. The van der Waals surface area contributed by atoms with E-state index in [0.717, 1.165) is 12.1 Å². The highest BCUT2D eigenvalue weighted by molar-refractivity contribution is 5.46. The second kappa shape index (κ2) is 5.88. The molecule has 17 heavy (non-hydrogen) atoms. The summed E-state index contributed by atoms with van der Waals surface area (Å²) in [5.41, 5.74) is 4.86. The quantitative estimate of drug-likeness (QED) is 0.745. The highest BCUT2D eigenvalue weighted by Gasteiger charge is 2.30. The van der Waals surface area contributed by atoms with E-state index in [-0.39, 0.29) is 6.54 Å². The van der Waals surface area contributed by atoms with E-state index in [4.69, 9.17) is 5.73 Å². The first-order valence-corrected chi connectivity index (χ1v) is 5.22. The number of rotatable bonds is 5. The predicted octanol–water partition coefficient (Wildman–Crippen LogP) is 1.83. The second-order valence-corrected chi connectivity index (χ2v) is 3.69. The van der Waals surface area contributed by atoms with Gasteiger partial charge in [-0.05, 0) is 31.2 Å². The van der Waals surface area contributed by atoms with Gasteiger partial charge in [-0.15, -0.1) is 0 Å². The van der Waals surface area contributed by atoms with Crippen molar-refractivity contribution in [2.24, 2.45) is 5.73 Å². The summed E-state index contributed by atoms with van der Waals surface area (Å²) < 4.78 is 37.2. The fourth-order valence-electron chi connectivity index (χ4n) is 1.34. The van der Waals surface area contributed by atoms with Crippen molar-refractivity contribution in [2.75, 3.05) is 18.4 Å². The number of hydrogen-bond donors (Lipinski definition) is 3. The number of anilines is 1. The van der Waals surface area contributed by atoms with Crippen molar-refractivity contribution in [1.82, 2.24) is 0 Å². The highest BCUT2D eigenvalue weighted by atomic mass is 19.4. The smallest absolute Gasteiger partial charge is 0.391 e. The van der Waals surface area contributed by atoms with Crippen LogP contribution in [0.2, 0.25) is 0 Å². The van der Waals surface area contributed by atoms with Crippen molar-refractivity contribution in [3.63, 3.8) is 0 Å². The van der Waals surface area contributed by atoms with Gasteiger partial charge in [0.2, 0.25) is 0 Å². The molecule has 0 aliphatic carbocycles. The van der Waals surface area contributed by atoms with E-state index >= 15 is 0 Å². The molecule has 1 aromatic rings. The molecular formula is C11H15F3N2O. The molecule has 0 spiro atoms. The lowest BCUT2D eigenvalue weighted by Gasteiger charge is -2.13. The van der Waals surface area contributed by atoms with Gasteiger partial charge in [-0.3, -0.25) is 0 Å². The molecule has 1 atom stereocenters. The SMILES string of the molecule is NCCC(O)CNc1cccc(C(F)(F)F)c1. The molecule has 1 unspecified atom stereocenters. The van der Waals surface area contributed by atoms with Gasteiger partial charge in [0.15, 0.2) is 0 Å². The third-order valence-corrected chi connectivity index (χ3v) is 2.23. The van der Waals surface area contributed by atoms with Gasteiger partial charge in [-0.2, -0.15) is 13.2 Å². The van der Waals surface area contributed by atoms with Crippen molar-refractivity contribution in [2.45, 2.75) is 18.7 Å². The van der Waals surface area contributed by atoms with Crippen LogP contribution in [0.1, 0.15) is 12.0 Å². The Morgan fingerprint density at radius 3 is 2.65 bits per heavy atom. The van der Waals surface area contributed by atoms with Crippen molar-refractivity contribution in [1.29, 1.82) is 0 Å². The molecule has 3 nitrogen and oxygen atoms in total. The molecule has 96 valence electrons. The van der Waals surface area contributed by atoms with Crippen LogP contribution in [0.15, 0.2) is 24.3 Å². The van der Waals surface area contributed by atoms with Crippen LogP contribution in [0.4, 0.5) is 18.9 Å². The van der Waals surface area contributed by atoms with Gasteiger partial charge >= 0.3 is 6.18 Å². The first kappa shape index (κ1) is 13.8. The first-order valence-electron chi connectivity index (χ1n) is 5.22. The Morgan fingerprint density at radius 1 is 1.35 bits per heavy atom. The molecule has 0 aliphatic rings. The van der Waals surface area contributed by atoms with E-state index in [2.05, 4.69) is 5.32 Å². The second-order valence-electron chi connectivity index (χ2n) is 3.69. The molecule has 1 rings (SSSR count). The van der Waals surface area contributed by atoms with Crippen molar-refractivity contribution in [3.05, 3.63) is 29.8 Å². The Balaban J connectivity index is 2.60. The van der Waals surface area contributed by atoms with Gasteiger partial charge in [-0.25, -0.2) is 0 Å². The number of hydrogen-bond acceptors (Lipinski definition) is 3. The average Bonchev–Trinajstić information content (AvgIpc) is 2.26. The molecular weight excluding hydrogens is 233 g/mol. The maximum Gasteiger partial charge on any atom is 0.416 e. The lowest BCUT2D eigenvalue weighted by molar-refractivity contribution is -0.137. The van der Waals surface area contributed by atoms with Crippen LogP contribution in [0.5, 0.6) is 0 Å². The van der Waals surface area contributed by atoms with Crippen molar-refractivity contribution in [3.8, 4) is 0 Å². The lowest BCUT2D eigenvalue weighted by atomic mass is 10.2. The van der Waals surface area contributed by atoms with Gasteiger partial charge < -0.3 is 16.2 Å². The van der Waals surface area contributed by atoms with E-state index in [1.165, 1.54) is 12.1 Å². The Hall–Kier alpha value is -1.27. The van der Waals surface area contributed by atoms with E-state index in [9.17, 15) is 18.3 Å². The van der Waals surface area contributed by atoms with Crippen LogP contribution >= 0.6 is 0 Å². The summed E-state index contributed by atoms with van der Waals surface area (Å²) in [5, 5.41) is 12.1. The maximum absolute atomic E-state index is 12.4. The van der Waals surface area contributed by atoms with E-state index in [1.54, 1.807) is 0 Å². The summed E-state index contributed by atoms with van der Waals surface area (Å²) in [6.07, 6.45) is -4.60. The van der Waals surface area contributed by atoms with Gasteiger partial charge in [0.05, 0.1) is 11.7 Å². The number of nitrogens with one attached hydrogen (secondary N) is 1. The summed E-state index contributed by atoms with van der Waals surface area (Å²) in [5.74, 6) is 0. The summed E-state index contributed by atoms with van der Waals surface area (Å²) in [6.45, 7) is 0.518. The molecule has 1 aromatic carbocycles. The molecule has 0 fully saturated rings. The molecule has 0 aliphatic heterocycles. The molecule has 6 heteroatoms. The Bertz CT molecular complexity index is 355. The van der Waals surface area contributed by atoms with Crippen LogP contribution in [0.25, 0.3) is 0 Å². The molecule has 0 saturated carbocycles. The Kier molecular flexibility index (Phi) is 4.77. The van der Waals surface area contributed by atoms with Crippen molar-refractivity contribution >= 4 is 5.69 Å². The monoisotopic (exact) mass is 248 g/mol. The zero-order valence-electron chi connectivity index (χ0n) is 9.17. The van der Waals surface area contributed by atoms with E-state index in [0.29, 0.717) is 18.7 Å². The van der Waals surface area contributed by atoms with Crippen LogP contribution in [0.3, 0.4) is 0 Å². The molecule has 0 aromatic heterocycles. The molecule has 0 radical (unpaired) electrons. The fourth-order valence-corrected chi connectivity index (χ4v) is 1.34. The fraction of sp³-hybridized carbons (Fsp3) is 0.455. The maximum atomic E-state index is 12.4. The minimum atomic E-state index is -4.35. The first-order chi connectivity index (χ1) is 7.93. The zero-order valence-corrected chi connectivity index (χ0v) is 9.17. The third-order valence-electron chi connectivity index (χ3n) is 2.23. The van der Waals surface area contributed by atoms with Gasteiger partial charge in [0.1, 0.15) is 0 Å². The zero-order chi connectivity index (χ0) is 12.9. The molecule has 0 heterocycles. The van der Waals surface area contributed by atoms with Gasteiger partial charge in [-0.1, -0.05) is 6.07 Å². The molecule has 0 amide bonds. The summed E-state index contributed by atoms with van der Waals surface area (Å²) >= 11 is 0. The number of aliphatic hydroxyl groups is 1. The minimum Gasteiger partial charge on any atom is -0.391 e. The standard InChI is InChI=1S/C11H15F3N2O/c12-11(13,14)8-2-1-3-9(6-8)16-7-10(17)4-5-15/h1-3,6,10,16-17H,4-5,7,15H2. The number of aliphatic hydroxyl groups excluding tert-OH is 1. The predicted molar refractivity (Wildman–Crippen MR) is 59.6 cm³/mol. The normalized spacial score (nSPS) is 13.5. The Morgan fingerprint density at radius 2 is 2.06 bits per heavy atom. The van der Waals surface area contributed by atoms with Gasteiger partial charge in [0.25, 0.3) is 0 Å². The third kappa shape index (κ3) is 4.62. The number of nitrogens with two attached hydrogens (primary N) is 1. The number of benzene rings is 1. The highest BCUT2D eigenvalue weighted by Crippen LogP contribution is 2.30. The lowest BCUT2D eigenvalue weighted by Crippen LogP contribution is -2.22. The van der Waals surface area contributed by atoms with Crippen LogP contribution < -0.4 is 11.1 Å². The topological polar surface area (TPSA) is 58.3 Å². The van der Waals surface area contributed by atoms with Gasteiger partial charge in [0, 0.05) is 12.2 Å². The van der Waals surface area contributed by atoms with Crippen LogP contribution in [-0.4, -0.2) is 24.3 Å². The Labute approximate surface area is 97.4 Å². The van der Waals surface area contributed by atoms with Crippen LogP contribution in [-0.2, 0) is 6.18 Å². The summed E-state index contributed by atoms with van der Waals surface area (Å²) in [7, 11) is 0. The summed E-state index contributed by atoms with van der Waals surface area (Å²) in [4.78, 5) is 0. The van der Waals surface area contributed by atoms with Crippen LogP contribution in [0, 0.1) is 0 Å². The minimum absolute atomic E-state index is 0.179. The summed E-state index contributed by atoms with van der Waals surface area (Å²) in [6, 6.07) is 4.85. The molecule has 0 bridgehead atoms. The molecule has 4 N–H and O–H groups in total. The average molecular weight is 248 g/mol. The number of alkyl halides is 3. The van der Waals surface area contributed by atoms with E-state index in [1.807, 2.05) is 0 Å². The number of halogens is 3. The van der Waals surface area contributed by atoms with Crippen molar-refractivity contribution < 1.29 is 18.3 Å². The largest absolute Gasteiger partial charge is 0.416 e.